The second kappa shape index (κ2) is 4.06. The Kier molecular flexibility index (Phi) is 3.72. The lowest BCUT2D eigenvalue weighted by molar-refractivity contribution is -0.149. The molecule has 0 aromatic carbocycles. The molecule has 0 aliphatic heterocycles. The summed E-state index contributed by atoms with van der Waals surface area (Å²) in [5.74, 6) is -0.997. The molecular formula is C7H12O3. The van der Waals surface area contributed by atoms with Gasteiger partial charge in [-0.3, -0.25) is 0 Å². The van der Waals surface area contributed by atoms with Crippen molar-refractivity contribution < 1.29 is 14.6 Å². The van der Waals surface area contributed by atoms with Crippen molar-refractivity contribution in [3.8, 4) is 0 Å². The molecule has 0 heterocycles. The quantitative estimate of drug-likeness (QED) is 0.600. The van der Waals surface area contributed by atoms with Gasteiger partial charge in [-0.2, -0.15) is 0 Å². The topological polar surface area (TPSA) is 46.5 Å². The molecule has 0 saturated heterocycles. The third-order valence-electron chi connectivity index (χ3n) is 0.876. The van der Waals surface area contributed by atoms with Gasteiger partial charge in [0.1, 0.15) is 0 Å². The van der Waals surface area contributed by atoms with Crippen molar-refractivity contribution in [3.05, 3.63) is 12.7 Å². The molecule has 0 aromatic rings. The van der Waals surface area contributed by atoms with Gasteiger partial charge < -0.3 is 9.84 Å². The van der Waals surface area contributed by atoms with Gasteiger partial charge in [0.05, 0.1) is 6.10 Å². The number of ether oxygens (including phenoxy) is 1. The highest BCUT2D eigenvalue weighted by Gasteiger charge is 2.14. The smallest absolute Gasteiger partial charge is 0.336 e. The van der Waals surface area contributed by atoms with Crippen LogP contribution in [0, 0.1) is 0 Å². The third-order valence-corrected chi connectivity index (χ3v) is 0.876. The number of carboxylic acid groups (broad SMARTS) is 1. The van der Waals surface area contributed by atoms with E-state index in [9.17, 15) is 4.79 Å². The Morgan fingerprint density at radius 1 is 1.70 bits per heavy atom. The molecule has 3 nitrogen and oxygen atoms in total. The largest absolute Gasteiger partial charge is 0.479 e. The average Bonchev–Trinajstić information content (AvgIpc) is 1.81. The fraction of sp³-hybridized carbons (Fsp3) is 0.571. The lowest BCUT2D eigenvalue weighted by atomic mass is 10.3. The second-order valence-corrected chi connectivity index (χ2v) is 2.18. The molecule has 0 rings (SSSR count). The van der Waals surface area contributed by atoms with Crippen molar-refractivity contribution in [2.75, 3.05) is 0 Å². The summed E-state index contributed by atoms with van der Waals surface area (Å²) in [6.45, 7) is 6.88. The minimum absolute atomic E-state index is 0.0842. The normalized spacial score (nSPS) is 13.1. The van der Waals surface area contributed by atoms with E-state index < -0.39 is 12.1 Å². The molecule has 0 bridgehead atoms. The zero-order valence-corrected chi connectivity index (χ0v) is 6.20. The van der Waals surface area contributed by atoms with Crippen molar-refractivity contribution in [1.82, 2.24) is 0 Å². The standard InChI is InChI=1S/C7H12O3/c1-4-6(7(8)9)10-5(2)3/h4-6H,1H2,2-3H3,(H,8,9). The Bertz CT molecular complexity index is 129. The summed E-state index contributed by atoms with van der Waals surface area (Å²) in [6, 6.07) is 0. The molecule has 0 aromatic heterocycles. The maximum absolute atomic E-state index is 10.3. The van der Waals surface area contributed by atoms with Gasteiger partial charge in [0.2, 0.25) is 0 Å². The third kappa shape index (κ3) is 3.25. The van der Waals surface area contributed by atoms with E-state index in [1.165, 1.54) is 6.08 Å². The maximum Gasteiger partial charge on any atom is 0.336 e. The minimum atomic E-state index is -0.997. The van der Waals surface area contributed by atoms with Gasteiger partial charge in [0, 0.05) is 0 Å². The van der Waals surface area contributed by atoms with E-state index in [0.717, 1.165) is 0 Å². The summed E-state index contributed by atoms with van der Waals surface area (Å²) in [5, 5.41) is 8.43. The van der Waals surface area contributed by atoms with E-state index >= 15 is 0 Å². The number of hydrogen-bond donors (Lipinski definition) is 1. The summed E-state index contributed by atoms with van der Waals surface area (Å²) < 4.78 is 4.94. The van der Waals surface area contributed by atoms with Crippen LogP contribution in [-0.4, -0.2) is 23.3 Å². The van der Waals surface area contributed by atoms with Crippen LogP contribution in [0.1, 0.15) is 13.8 Å². The maximum atomic E-state index is 10.3. The van der Waals surface area contributed by atoms with Crippen molar-refractivity contribution in [1.29, 1.82) is 0 Å². The lowest BCUT2D eigenvalue weighted by Gasteiger charge is -2.11. The van der Waals surface area contributed by atoms with Gasteiger partial charge in [-0.25, -0.2) is 4.79 Å². The van der Waals surface area contributed by atoms with E-state index in [1.807, 2.05) is 0 Å². The number of hydrogen-bond acceptors (Lipinski definition) is 2. The zero-order valence-electron chi connectivity index (χ0n) is 6.20. The Labute approximate surface area is 60.3 Å². The molecule has 1 N–H and O–H groups in total. The fourth-order valence-electron chi connectivity index (χ4n) is 0.508. The summed E-state index contributed by atoms with van der Waals surface area (Å²) in [4.78, 5) is 10.3. The van der Waals surface area contributed by atoms with E-state index in [1.54, 1.807) is 13.8 Å². The van der Waals surface area contributed by atoms with Crippen LogP contribution in [0.2, 0.25) is 0 Å². The van der Waals surface area contributed by atoms with E-state index in [4.69, 9.17) is 9.84 Å². The van der Waals surface area contributed by atoms with Crippen molar-refractivity contribution in [2.24, 2.45) is 0 Å². The van der Waals surface area contributed by atoms with Crippen LogP contribution in [0.3, 0.4) is 0 Å². The molecule has 0 aliphatic carbocycles. The van der Waals surface area contributed by atoms with Crippen molar-refractivity contribution >= 4 is 5.97 Å². The first-order valence-corrected chi connectivity index (χ1v) is 3.08. The Balaban J connectivity index is 3.83. The van der Waals surface area contributed by atoms with Crippen LogP contribution < -0.4 is 0 Å². The first-order chi connectivity index (χ1) is 4.57. The number of carboxylic acids is 1. The van der Waals surface area contributed by atoms with Gasteiger partial charge in [-0.15, -0.1) is 0 Å². The van der Waals surface area contributed by atoms with Gasteiger partial charge in [-0.05, 0) is 13.8 Å². The van der Waals surface area contributed by atoms with Gasteiger partial charge in [0.15, 0.2) is 6.10 Å². The highest BCUT2D eigenvalue weighted by atomic mass is 16.5. The second-order valence-electron chi connectivity index (χ2n) is 2.18. The molecule has 0 saturated carbocycles. The van der Waals surface area contributed by atoms with Crippen LogP contribution in [0.25, 0.3) is 0 Å². The van der Waals surface area contributed by atoms with Crippen LogP contribution in [0.5, 0.6) is 0 Å². The monoisotopic (exact) mass is 144 g/mol. The molecule has 1 atom stereocenters. The number of rotatable bonds is 4. The van der Waals surface area contributed by atoms with Crippen LogP contribution in [-0.2, 0) is 9.53 Å². The van der Waals surface area contributed by atoms with Gasteiger partial charge in [-0.1, -0.05) is 12.7 Å². The zero-order chi connectivity index (χ0) is 8.15. The summed E-state index contributed by atoms with van der Waals surface area (Å²) in [7, 11) is 0. The number of carbonyl (C=O) groups is 1. The first-order valence-electron chi connectivity index (χ1n) is 3.08. The minimum Gasteiger partial charge on any atom is -0.479 e. The summed E-state index contributed by atoms with van der Waals surface area (Å²) in [5.41, 5.74) is 0. The fourth-order valence-corrected chi connectivity index (χ4v) is 0.508. The van der Waals surface area contributed by atoms with Gasteiger partial charge >= 0.3 is 5.97 Å². The first kappa shape index (κ1) is 9.17. The van der Waals surface area contributed by atoms with Crippen molar-refractivity contribution in [2.45, 2.75) is 26.1 Å². The molecule has 1 unspecified atom stereocenters. The molecule has 0 amide bonds. The molecule has 10 heavy (non-hydrogen) atoms. The molecular weight excluding hydrogens is 132 g/mol. The molecule has 0 fully saturated rings. The number of aliphatic carboxylic acids is 1. The van der Waals surface area contributed by atoms with E-state index in [2.05, 4.69) is 6.58 Å². The lowest BCUT2D eigenvalue weighted by Crippen LogP contribution is -2.24. The van der Waals surface area contributed by atoms with Crippen LogP contribution in [0.4, 0.5) is 0 Å². The van der Waals surface area contributed by atoms with E-state index in [-0.39, 0.29) is 6.10 Å². The highest BCUT2D eigenvalue weighted by Crippen LogP contribution is 1.98. The van der Waals surface area contributed by atoms with Crippen LogP contribution in [0.15, 0.2) is 12.7 Å². The molecule has 0 radical (unpaired) electrons. The Morgan fingerprint density at radius 3 is 2.30 bits per heavy atom. The highest BCUT2D eigenvalue weighted by molar-refractivity contribution is 5.74. The summed E-state index contributed by atoms with van der Waals surface area (Å²) >= 11 is 0. The Morgan fingerprint density at radius 2 is 2.20 bits per heavy atom. The van der Waals surface area contributed by atoms with Gasteiger partial charge in [0.25, 0.3) is 0 Å². The van der Waals surface area contributed by atoms with Crippen molar-refractivity contribution in [3.63, 3.8) is 0 Å². The predicted octanol–water partition coefficient (Wildman–Crippen LogP) is 1.05. The molecule has 3 heteroatoms. The molecule has 58 valence electrons. The molecule has 0 aliphatic rings. The summed E-state index contributed by atoms with van der Waals surface area (Å²) in [6.07, 6.45) is 0.307. The Hall–Kier alpha value is -0.830. The van der Waals surface area contributed by atoms with E-state index in [0.29, 0.717) is 0 Å². The molecule has 0 spiro atoms. The SMILES string of the molecule is C=CC(OC(C)C)C(=O)O. The van der Waals surface area contributed by atoms with Crippen LogP contribution >= 0.6 is 0 Å². The average molecular weight is 144 g/mol. The predicted molar refractivity (Wildman–Crippen MR) is 37.8 cm³/mol.